The molecule has 0 atom stereocenters. The number of piperidine rings is 1. The van der Waals surface area contributed by atoms with Crippen molar-refractivity contribution in [1.82, 2.24) is 4.31 Å². The van der Waals surface area contributed by atoms with Crippen LogP contribution in [0.2, 0.25) is 5.02 Å². The number of rotatable bonds is 6. The van der Waals surface area contributed by atoms with Crippen LogP contribution in [0.5, 0.6) is 0 Å². The molecular formula is C26H27ClN2O3S. The number of nitrogens with one attached hydrogen (secondary N) is 1. The summed E-state index contributed by atoms with van der Waals surface area (Å²) in [6, 6.07) is 21.8. The van der Waals surface area contributed by atoms with Crippen molar-refractivity contribution in [3.8, 4) is 0 Å². The summed E-state index contributed by atoms with van der Waals surface area (Å²) >= 11 is 5.88. The summed E-state index contributed by atoms with van der Waals surface area (Å²) in [5, 5.41) is 3.40. The first-order valence-electron chi connectivity index (χ1n) is 11.0. The quantitative estimate of drug-likeness (QED) is 0.501. The lowest BCUT2D eigenvalue weighted by molar-refractivity contribution is 0.102. The average molecular weight is 483 g/mol. The highest BCUT2D eigenvalue weighted by Crippen LogP contribution is 2.28. The number of amides is 1. The molecule has 1 fully saturated rings. The molecule has 1 N–H and O–H groups in total. The molecule has 1 heterocycles. The van der Waals surface area contributed by atoms with Crippen LogP contribution in [-0.2, 0) is 16.4 Å². The predicted octanol–water partition coefficient (Wildman–Crippen LogP) is 5.54. The summed E-state index contributed by atoms with van der Waals surface area (Å²) in [6.45, 7) is 2.84. The van der Waals surface area contributed by atoms with Crippen LogP contribution in [-0.4, -0.2) is 31.7 Å². The number of anilines is 1. The van der Waals surface area contributed by atoms with Crippen LogP contribution in [0.4, 0.5) is 5.69 Å². The molecule has 3 aromatic rings. The van der Waals surface area contributed by atoms with E-state index in [1.165, 1.54) is 5.56 Å². The summed E-state index contributed by atoms with van der Waals surface area (Å²) in [6.07, 6.45) is 2.68. The van der Waals surface area contributed by atoms with Crippen molar-refractivity contribution in [3.63, 3.8) is 0 Å². The summed E-state index contributed by atoms with van der Waals surface area (Å²) in [5.41, 5.74) is 3.05. The minimum absolute atomic E-state index is 0.256. The van der Waals surface area contributed by atoms with Gasteiger partial charge in [0.15, 0.2) is 0 Å². The second-order valence-corrected chi connectivity index (χ2v) is 10.8. The van der Waals surface area contributed by atoms with Crippen LogP contribution >= 0.6 is 11.6 Å². The number of halogens is 1. The zero-order valence-corrected chi connectivity index (χ0v) is 20.1. The van der Waals surface area contributed by atoms with Gasteiger partial charge in [-0.15, -0.1) is 0 Å². The van der Waals surface area contributed by atoms with Gasteiger partial charge in [0.1, 0.15) is 0 Å². The number of carbonyl (C=O) groups is 1. The highest BCUT2D eigenvalue weighted by Gasteiger charge is 2.29. The summed E-state index contributed by atoms with van der Waals surface area (Å²) in [5.74, 6) is 0.219. The molecule has 7 heteroatoms. The predicted molar refractivity (Wildman–Crippen MR) is 132 cm³/mol. The summed E-state index contributed by atoms with van der Waals surface area (Å²) in [7, 11) is -3.58. The SMILES string of the molecule is Cc1cc(S(=O)(=O)N2CCC(Cc3ccccc3)CC2)ccc1NC(=O)c1ccc(Cl)cc1. The standard InChI is InChI=1S/C26H27ClN2O3S/c1-19-17-24(11-12-25(19)28-26(30)22-7-9-23(27)10-8-22)33(31,32)29-15-13-21(14-16-29)18-20-5-3-2-4-6-20/h2-12,17,21H,13-16,18H2,1H3,(H,28,30). The molecule has 0 saturated carbocycles. The first-order chi connectivity index (χ1) is 15.8. The number of carbonyl (C=O) groups excluding carboxylic acids is 1. The lowest BCUT2D eigenvalue weighted by Gasteiger charge is -2.31. The third kappa shape index (κ3) is 5.64. The van der Waals surface area contributed by atoms with Crippen LogP contribution < -0.4 is 5.32 Å². The monoisotopic (exact) mass is 482 g/mol. The van der Waals surface area contributed by atoms with E-state index < -0.39 is 10.0 Å². The minimum atomic E-state index is -3.58. The van der Waals surface area contributed by atoms with Crippen molar-refractivity contribution in [3.05, 3.63) is 94.5 Å². The Morgan fingerprint density at radius 3 is 2.30 bits per heavy atom. The third-order valence-corrected chi connectivity index (χ3v) is 8.28. The van der Waals surface area contributed by atoms with E-state index in [1.807, 2.05) is 18.2 Å². The van der Waals surface area contributed by atoms with Crippen molar-refractivity contribution in [2.45, 2.75) is 31.1 Å². The molecule has 172 valence electrons. The van der Waals surface area contributed by atoms with E-state index >= 15 is 0 Å². The van der Waals surface area contributed by atoms with E-state index in [0.29, 0.717) is 40.8 Å². The fourth-order valence-electron chi connectivity index (χ4n) is 4.18. The number of aryl methyl sites for hydroxylation is 1. The molecule has 0 aromatic heterocycles. The zero-order chi connectivity index (χ0) is 23.4. The molecule has 0 aliphatic carbocycles. The second kappa shape index (κ2) is 10.1. The molecule has 4 rings (SSSR count). The van der Waals surface area contributed by atoms with E-state index in [4.69, 9.17) is 11.6 Å². The van der Waals surface area contributed by atoms with Crippen LogP contribution in [0, 0.1) is 12.8 Å². The Balaban J connectivity index is 1.40. The van der Waals surface area contributed by atoms with E-state index in [1.54, 1.807) is 53.7 Å². The van der Waals surface area contributed by atoms with Gasteiger partial charge in [-0.1, -0.05) is 41.9 Å². The zero-order valence-electron chi connectivity index (χ0n) is 18.5. The average Bonchev–Trinajstić information content (AvgIpc) is 2.82. The molecule has 0 unspecified atom stereocenters. The Kier molecular flexibility index (Phi) is 7.17. The first-order valence-corrected chi connectivity index (χ1v) is 12.9. The van der Waals surface area contributed by atoms with E-state index in [0.717, 1.165) is 19.3 Å². The smallest absolute Gasteiger partial charge is 0.255 e. The van der Waals surface area contributed by atoms with Crippen molar-refractivity contribution in [2.24, 2.45) is 5.92 Å². The Bertz CT molecular complexity index is 1220. The van der Waals surface area contributed by atoms with Gasteiger partial charge in [0.2, 0.25) is 10.0 Å². The van der Waals surface area contributed by atoms with Crippen LogP contribution in [0.15, 0.2) is 77.7 Å². The molecule has 0 bridgehead atoms. The van der Waals surface area contributed by atoms with Crippen molar-refractivity contribution < 1.29 is 13.2 Å². The summed E-state index contributed by atoms with van der Waals surface area (Å²) in [4.78, 5) is 12.7. The van der Waals surface area contributed by atoms with Crippen molar-refractivity contribution >= 4 is 33.2 Å². The van der Waals surface area contributed by atoms with Crippen LogP contribution in [0.25, 0.3) is 0 Å². The lowest BCUT2D eigenvalue weighted by Crippen LogP contribution is -2.38. The Morgan fingerprint density at radius 1 is 1.00 bits per heavy atom. The first kappa shape index (κ1) is 23.5. The molecule has 1 amide bonds. The molecule has 1 saturated heterocycles. The normalized spacial score (nSPS) is 15.3. The molecule has 0 radical (unpaired) electrons. The van der Waals surface area contributed by atoms with Crippen molar-refractivity contribution in [2.75, 3.05) is 18.4 Å². The maximum Gasteiger partial charge on any atom is 0.255 e. The number of hydrogen-bond donors (Lipinski definition) is 1. The molecule has 1 aliphatic rings. The van der Waals surface area contributed by atoms with E-state index in [9.17, 15) is 13.2 Å². The van der Waals surface area contributed by atoms with Gasteiger partial charge in [-0.3, -0.25) is 4.79 Å². The van der Waals surface area contributed by atoms with Gasteiger partial charge in [-0.05, 0) is 85.7 Å². The molecule has 3 aromatic carbocycles. The lowest BCUT2D eigenvalue weighted by atomic mass is 9.91. The van der Waals surface area contributed by atoms with E-state index in [-0.39, 0.29) is 10.8 Å². The number of nitrogens with zero attached hydrogens (tertiary/aromatic N) is 1. The number of hydrogen-bond acceptors (Lipinski definition) is 3. The molecule has 33 heavy (non-hydrogen) atoms. The van der Waals surface area contributed by atoms with Gasteiger partial charge < -0.3 is 5.32 Å². The van der Waals surface area contributed by atoms with Crippen LogP contribution in [0.1, 0.15) is 34.3 Å². The Morgan fingerprint density at radius 2 is 1.67 bits per heavy atom. The third-order valence-electron chi connectivity index (χ3n) is 6.13. The van der Waals surface area contributed by atoms with Gasteiger partial charge in [-0.2, -0.15) is 4.31 Å². The second-order valence-electron chi connectivity index (χ2n) is 8.47. The topological polar surface area (TPSA) is 66.5 Å². The van der Waals surface area contributed by atoms with E-state index in [2.05, 4.69) is 17.4 Å². The van der Waals surface area contributed by atoms with Crippen LogP contribution in [0.3, 0.4) is 0 Å². The van der Waals surface area contributed by atoms with Gasteiger partial charge in [-0.25, -0.2) is 8.42 Å². The highest BCUT2D eigenvalue weighted by molar-refractivity contribution is 7.89. The van der Waals surface area contributed by atoms with Crippen molar-refractivity contribution in [1.29, 1.82) is 0 Å². The van der Waals surface area contributed by atoms with Gasteiger partial charge in [0.25, 0.3) is 5.91 Å². The number of benzene rings is 3. The fraction of sp³-hybridized carbons (Fsp3) is 0.269. The molecular weight excluding hydrogens is 456 g/mol. The van der Waals surface area contributed by atoms with Gasteiger partial charge in [0, 0.05) is 29.4 Å². The Hall–Kier alpha value is -2.67. The molecule has 1 aliphatic heterocycles. The largest absolute Gasteiger partial charge is 0.322 e. The maximum absolute atomic E-state index is 13.2. The molecule has 5 nitrogen and oxygen atoms in total. The minimum Gasteiger partial charge on any atom is -0.322 e. The number of sulfonamides is 1. The Labute approximate surface area is 200 Å². The maximum atomic E-state index is 13.2. The van der Waals surface area contributed by atoms with Gasteiger partial charge in [0.05, 0.1) is 4.90 Å². The molecule has 0 spiro atoms. The fourth-order valence-corrected chi connectivity index (χ4v) is 5.86. The summed E-state index contributed by atoms with van der Waals surface area (Å²) < 4.78 is 28.0. The van der Waals surface area contributed by atoms with Gasteiger partial charge >= 0.3 is 0 Å². The highest BCUT2D eigenvalue weighted by atomic mass is 35.5.